The molecule has 5 heteroatoms. The summed E-state index contributed by atoms with van der Waals surface area (Å²) in [5, 5.41) is 15.0. The molecule has 0 radical (unpaired) electrons. The van der Waals surface area contributed by atoms with Gasteiger partial charge >= 0.3 is 6.03 Å². The van der Waals surface area contributed by atoms with Gasteiger partial charge in [0.25, 0.3) is 0 Å². The SMILES string of the molecule is CCN(C)c1ccccc1NC(=O)NCCCC(C)(C)CO. The molecule has 22 heavy (non-hydrogen) atoms. The number of nitrogens with zero attached hydrogens (tertiary/aromatic N) is 1. The molecule has 0 fully saturated rings. The second kappa shape index (κ2) is 8.63. The Kier molecular flexibility index (Phi) is 7.18. The summed E-state index contributed by atoms with van der Waals surface area (Å²) < 4.78 is 0. The highest BCUT2D eigenvalue weighted by molar-refractivity contribution is 5.93. The molecule has 1 aromatic rings. The number of anilines is 2. The van der Waals surface area contributed by atoms with Crippen molar-refractivity contribution < 1.29 is 9.90 Å². The van der Waals surface area contributed by atoms with E-state index in [4.69, 9.17) is 0 Å². The highest BCUT2D eigenvalue weighted by atomic mass is 16.3. The third-order valence-corrected chi connectivity index (χ3v) is 3.78. The number of para-hydroxylation sites is 2. The topological polar surface area (TPSA) is 64.6 Å². The summed E-state index contributed by atoms with van der Waals surface area (Å²) in [5.74, 6) is 0. The maximum atomic E-state index is 12.0. The zero-order valence-electron chi connectivity index (χ0n) is 14.1. The van der Waals surface area contributed by atoms with Crippen molar-refractivity contribution in [3.63, 3.8) is 0 Å². The number of aliphatic hydroxyl groups is 1. The van der Waals surface area contributed by atoms with E-state index in [9.17, 15) is 9.90 Å². The Morgan fingerprint density at radius 1 is 1.32 bits per heavy atom. The summed E-state index contributed by atoms with van der Waals surface area (Å²) in [4.78, 5) is 14.1. The van der Waals surface area contributed by atoms with Crippen LogP contribution in [-0.2, 0) is 0 Å². The number of nitrogens with one attached hydrogen (secondary N) is 2. The first-order chi connectivity index (χ1) is 10.4. The van der Waals surface area contributed by atoms with Gasteiger partial charge < -0.3 is 20.6 Å². The molecule has 0 aromatic heterocycles. The van der Waals surface area contributed by atoms with Gasteiger partial charge in [-0.05, 0) is 37.3 Å². The number of carbonyl (C=O) groups is 1. The standard InChI is InChI=1S/C17H29N3O2/c1-5-20(4)15-10-7-6-9-14(15)19-16(22)18-12-8-11-17(2,3)13-21/h6-7,9-10,21H,5,8,11-13H2,1-4H3,(H2,18,19,22). The van der Waals surface area contributed by atoms with E-state index < -0.39 is 0 Å². The van der Waals surface area contributed by atoms with Gasteiger partial charge in [-0.15, -0.1) is 0 Å². The molecule has 0 aliphatic carbocycles. The van der Waals surface area contributed by atoms with Crippen molar-refractivity contribution in [2.45, 2.75) is 33.6 Å². The zero-order chi connectivity index (χ0) is 16.6. The monoisotopic (exact) mass is 307 g/mol. The predicted octanol–water partition coefficient (Wildman–Crippen LogP) is 3.06. The van der Waals surface area contributed by atoms with E-state index in [1.807, 2.05) is 45.2 Å². The van der Waals surface area contributed by atoms with Gasteiger partial charge in [-0.3, -0.25) is 0 Å². The zero-order valence-corrected chi connectivity index (χ0v) is 14.1. The number of aliphatic hydroxyl groups excluding tert-OH is 1. The summed E-state index contributed by atoms with van der Waals surface area (Å²) in [6.07, 6.45) is 1.72. The normalized spacial score (nSPS) is 11.1. The number of urea groups is 1. The molecular weight excluding hydrogens is 278 g/mol. The van der Waals surface area contributed by atoms with Gasteiger partial charge in [0.1, 0.15) is 0 Å². The van der Waals surface area contributed by atoms with Gasteiger partial charge in [-0.25, -0.2) is 4.79 Å². The highest BCUT2D eigenvalue weighted by Gasteiger charge is 2.15. The molecule has 2 amide bonds. The summed E-state index contributed by atoms with van der Waals surface area (Å²) in [6, 6.07) is 7.56. The van der Waals surface area contributed by atoms with Crippen LogP contribution in [0.5, 0.6) is 0 Å². The fraction of sp³-hybridized carbons (Fsp3) is 0.588. The molecule has 0 aliphatic rings. The van der Waals surface area contributed by atoms with E-state index >= 15 is 0 Å². The maximum Gasteiger partial charge on any atom is 0.319 e. The van der Waals surface area contributed by atoms with Crippen LogP contribution in [0.15, 0.2) is 24.3 Å². The minimum absolute atomic E-state index is 0.0887. The van der Waals surface area contributed by atoms with E-state index in [2.05, 4.69) is 22.5 Å². The van der Waals surface area contributed by atoms with Crippen molar-refractivity contribution in [2.24, 2.45) is 5.41 Å². The smallest absolute Gasteiger partial charge is 0.319 e. The first-order valence-electron chi connectivity index (χ1n) is 7.85. The fourth-order valence-corrected chi connectivity index (χ4v) is 2.10. The number of amides is 2. The summed E-state index contributed by atoms with van der Waals surface area (Å²) >= 11 is 0. The van der Waals surface area contributed by atoms with Crippen LogP contribution >= 0.6 is 0 Å². The Hall–Kier alpha value is -1.75. The Morgan fingerprint density at radius 3 is 2.64 bits per heavy atom. The van der Waals surface area contributed by atoms with Crippen LogP contribution in [0, 0.1) is 5.41 Å². The second-order valence-corrected chi connectivity index (χ2v) is 6.34. The Balaban J connectivity index is 2.46. The lowest BCUT2D eigenvalue weighted by molar-refractivity contribution is 0.148. The van der Waals surface area contributed by atoms with Gasteiger partial charge in [0, 0.05) is 26.7 Å². The lowest BCUT2D eigenvalue weighted by Crippen LogP contribution is -2.31. The van der Waals surface area contributed by atoms with Crippen molar-refractivity contribution in [1.29, 1.82) is 0 Å². The number of hydrogen-bond donors (Lipinski definition) is 3. The van der Waals surface area contributed by atoms with Crippen LogP contribution in [0.25, 0.3) is 0 Å². The molecule has 0 bridgehead atoms. The second-order valence-electron chi connectivity index (χ2n) is 6.34. The van der Waals surface area contributed by atoms with Gasteiger partial charge in [0.2, 0.25) is 0 Å². The molecule has 1 rings (SSSR count). The number of carbonyl (C=O) groups excluding carboxylic acids is 1. The van der Waals surface area contributed by atoms with E-state index in [0.717, 1.165) is 30.8 Å². The highest BCUT2D eigenvalue weighted by Crippen LogP contribution is 2.24. The quantitative estimate of drug-likeness (QED) is 0.647. The molecular formula is C17H29N3O2. The molecule has 0 spiro atoms. The number of benzene rings is 1. The molecule has 0 heterocycles. The van der Waals surface area contributed by atoms with Crippen LogP contribution in [0.4, 0.5) is 16.2 Å². The van der Waals surface area contributed by atoms with Crippen molar-refractivity contribution in [3.05, 3.63) is 24.3 Å². The first-order valence-corrected chi connectivity index (χ1v) is 7.85. The molecule has 0 saturated carbocycles. The number of hydrogen-bond acceptors (Lipinski definition) is 3. The van der Waals surface area contributed by atoms with Gasteiger partial charge in [-0.1, -0.05) is 26.0 Å². The predicted molar refractivity (Wildman–Crippen MR) is 92.5 cm³/mol. The molecule has 3 N–H and O–H groups in total. The summed E-state index contributed by atoms with van der Waals surface area (Å²) in [5.41, 5.74) is 1.72. The van der Waals surface area contributed by atoms with Crippen LogP contribution in [0.1, 0.15) is 33.6 Å². The molecule has 0 unspecified atom stereocenters. The minimum atomic E-state index is -0.196. The first kappa shape index (κ1) is 18.3. The minimum Gasteiger partial charge on any atom is -0.396 e. The van der Waals surface area contributed by atoms with Crippen LogP contribution in [-0.4, -0.2) is 37.9 Å². The molecule has 1 aromatic carbocycles. The Morgan fingerprint density at radius 2 is 2.00 bits per heavy atom. The third kappa shape index (κ3) is 5.93. The van der Waals surface area contributed by atoms with Crippen molar-refractivity contribution in [3.8, 4) is 0 Å². The largest absolute Gasteiger partial charge is 0.396 e. The van der Waals surface area contributed by atoms with E-state index in [1.165, 1.54) is 0 Å². The van der Waals surface area contributed by atoms with Gasteiger partial charge in [0.15, 0.2) is 0 Å². The summed E-state index contributed by atoms with van der Waals surface area (Å²) in [7, 11) is 2.00. The average molecular weight is 307 g/mol. The van der Waals surface area contributed by atoms with Crippen molar-refractivity contribution >= 4 is 17.4 Å². The molecule has 0 atom stereocenters. The van der Waals surface area contributed by atoms with Crippen molar-refractivity contribution in [1.82, 2.24) is 5.32 Å². The Labute approximate surface area is 133 Å². The van der Waals surface area contributed by atoms with Crippen LogP contribution in [0.3, 0.4) is 0 Å². The maximum absolute atomic E-state index is 12.0. The van der Waals surface area contributed by atoms with Crippen LogP contribution < -0.4 is 15.5 Å². The lowest BCUT2D eigenvalue weighted by atomic mass is 9.89. The lowest BCUT2D eigenvalue weighted by Gasteiger charge is -2.22. The van der Waals surface area contributed by atoms with E-state index in [1.54, 1.807) is 0 Å². The van der Waals surface area contributed by atoms with Crippen LogP contribution in [0.2, 0.25) is 0 Å². The fourth-order valence-electron chi connectivity index (χ4n) is 2.10. The van der Waals surface area contributed by atoms with Gasteiger partial charge in [-0.2, -0.15) is 0 Å². The van der Waals surface area contributed by atoms with Gasteiger partial charge in [0.05, 0.1) is 11.4 Å². The molecule has 0 saturated heterocycles. The van der Waals surface area contributed by atoms with E-state index in [-0.39, 0.29) is 18.1 Å². The third-order valence-electron chi connectivity index (χ3n) is 3.78. The Bertz CT molecular complexity index is 475. The van der Waals surface area contributed by atoms with E-state index in [0.29, 0.717) is 6.54 Å². The van der Waals surface area contributed by atoms with Crippen molar-refractivity contribution in [2.75, 3.05) is 37.0 Å². The number of rotatable bonds is 8. The summed E-state index contributed by atoms with van der Waals surface area (Å²) in [6.45, 7) is 7.74. The average Bonchev–Trinajstić information content (AvgIpc) is 2.51. The molecule has 5 nitrogen and oxygen atoms in total. The molecule has 0 aliphatic heterocycles. The molecule has 124 valence electrons.